The van der Waals surface area contributed by atoms with Crippen LogP contribution in [0.4, 0.5) is 5.69 Å². The van der Waals surface area contributed by atoms with E-state index in [2.05, 4.69) is 10.6 Å². The second kappa shape index (κ2) is 7.37. The molecule has 7 heteroatoms. The summed E-state index contributed by atoms with van der Waals surface area (Å²) in [5, 5.41) is 8.17. The first kappa shape index (κ1) is 20.3. The third-order valence-electron chi connectivity index (χ3n) is 6.82. The molecule has 0 unspecified atom stereocenters. The summed E-state index contributed by atoms with van der Waals surface area (Å²) in [6, 6.07) is 19.8. The van der Waals surface area contributed by atoms with Crippen molar-refractivity contribution in [1.29, 1.82) is 0 Å². The van der Waals surface area contributed by atoms with E-state index in [0.29, 0.717) is 21.3 Å². The van der Waals surface area contributed by atoms with Gasteiger partial charge in [0.25, 0.3) is 0 Å². The Kier molecular flexibility index (Phi) is 4.54. The van der Waals surface area contributed by atoms with Crippen molar-refractivity contribution in [2.24, 2.45) is 0 Å². The lowest BCUT2D eigenvalue weighted by atomic mass is 9.59. The molecule has 3 heterocycles. The van der Waals surface area contributed by atoms with Gasteiger partial charge in [0.2, 0.25) is 11.8 Å². The molecular weight excluding hydrogens is 459 g/mol. The van der Waals surface area contributed by atoms with E-state index >= 15 is 0 Å². The van der Waals surface area contributed by atoms with Crippen molar-refractivity contribution in [1.82, 2.24) is 5.32 Å². The minimum Gasteiger partial charge on any atom is -0.464 e. The molecule has 0 aliphatic carbocycles. The van der Waals surface area contributed by atoms with Crippen LogP contribution in [0.3, 0.4) is 0 Å². The highest BCUT2D eigenvalue weighted by atomic mass is 35.5. The van der Waals surface area contributed by atoms with Gasteiger partial charge < -0.3 is 15.1 Å². The zero-order valence-corrected chi connectivity index (χ0v) is 18.8. The van der Waals surface area contributed by atoms with Gasteiger partial charge in [-0.3, -0.25) is 9.59 Å². The predicted molar refractivity (Wildman–Crippen MR) is 128 cm³/mol. The first-order chi connectivity index (χ1) is 16.0. The molecule has 1 spiro atoms. The number of benzene rings is 3. The monoisotopic (exact) mass is 476 g/mol. The quantitative estimate of drug-likeness (QED) is 0.374. The maximum atomic E-state index is 13.9. The second-order valence-electron chi connectivity index (χ2n) is 8.54. The molecule has 6 rings (SSSR count). The number of piperidine rings is 1. The third kappa shape index (κ3) is 3.00. The SMILES string of the molecule is O=C1C[C@@H](c2cccc(Cl)c2)[C@]2(C(=O)Nc3cc(Cl)ccc32)[C@@H](c2ccc3ccoc3c2)N1. The molecule has 3 atom stereocenters. The molecule has 2 aliphatic heterocycles. The number of fused-ring (bicyclic) bond motifs is 3. The molecule has 1 aromatic heterocycles. The molecule has 0 bridgehead atoms. The molecule has 164 valence electrons. The molecule has 3 aromatic carbocycles. The fourth-order valence-electron chi connectivity index (χ4n) is 5.44. The van der Waals surface area contributed by atoms with Crippen LogP contribution in [0.1, 0.15) is 35.1 Å². The molecule has 4 aromatic rings. The van der Waals surface area contributed by atoms with Gasteiger partial charge >= 0.3 is 0 Å². The number of amides is 2. The largest absolute Gasteiger partial charge is 0.464 e. The standard InChI is InChI=1S/C26H18Cl2N2O3/c27-17-3-1-2-15(10-17)20-13-23(31)30-24(16-5-4-14-8-9-33-22(14)11-16)26(20)19-7-6-18(28)12-21(19)29-25(26)32/h1-12,20,24H,13H2,(H,29,32)(H,30,31)/t20-,24+,26-/m0/s1. The first-order valence-corrected chi connectivity index (χ1v) is 11.4. The topological polar surface area (TPSA) is 71.3 Å². The molecule has 33 heavy (non-hydrogen) atoms. The molecular formula is C26H18Cl2N2O3. The van der Waals surface area contributed by atoms with E-state index in [1.54, 1.807) is 24.5 Å². The minimum absolute atomic E-state index is 0.134. The van der Waals surface area contributed by atoms with Gasteiger partial charge in [-0.2, -0.15) is 0 Å². The highest BCUT2D eigenvalue weighted by molar-refractivity contribution is 6.31. The van der Waals surface area contributed by atoms with Gasteiger partial charge in [0.15, 0.2) is 0 Å². The van der Waals surface area contributed by atoms with Gasteiger partial charge in [-0.05, 0) is 53.1 Å². The number of rotatable bonds is 2. The summed E-state index contributed by atoms with van der Waals surface area (Å²) in [6.45, 7) is 0. The summed E-state index contributed by atoms with van der Waals surface area (Å²) in [4.78, 5) is 27.0. The predicted octanol–water partition coefficient (Wildman–Crippen LogP) is 5.97. The average Bonchev–Trinajstić information content (AvgIpc) is 3.37. The van der Waals surface area contributed by atoms with E-state index in [9.17, 15) is 9.59 Å². The van der Waals surface area contributed by atoms with E-state index in [1.165, 1.54) is 0 Å². The number of furan rings is 1. The number of nitrogens with one attached hydrogen (secondary N) is 2. The Morgan fingerprint density at radius 2 is 1.76 bits per heavy atom. The molecule has 2 amide bonds. The van der Waals surface area contributed by atoms with Crippen LogP contribution in [0.25, 0.3) is 11.0 Å². The van der Waals surface area contributed by atoms with Crippen molar-refractivity contribution in [3.63, 3.8) is 0 Å². The van der Waals surface area contributed by atoms with Crippen LogP contribution in [-0.4, -0.2) is 11.8 Å². The van der Waals surface area contributed by atoms with Crippen molar-refractivity contribution < 1.29 is 14.0 Å². The number of hydrogen-bond donors (Lipinski definition) is 2. The Balaban J connectivity index is 1.64. The molecule has 2 N–H and O–H groups in total. The third-order valence-corrected chi connectivity index (χ3v) is 7.29. The Bertz CT molecular complexity index is 1450. The molecule has 5 nitrogen and oxygen atoms in total. The highest BCUT2D eigenvalue weighted by Gasteiger charge is 2.61. The van der Waals surface area contributed by atoms with Crippen LogP contribution >= 0.6 is 23.2 Å². The van der Waals surface area contributed by atoms with Crippen LogP contribution in [0.2, 0.25) is 10.0 Å². The first-order valence-electron chi connectivity index (χ1n) is 10.6. The number of hydrogen-bond acceptors (Lipinski definition) is 3. The Labute approximate surface area is 199 Å². The Hall–Kier alpha value is -3.28. The normalized spacial score (nSPS) is 24.1. The van der Waals surface area contributed by atoms with Crippen LogP contribution < -0.4 is 10.6 Å². The van der Waals surface area contributed by atoms with Gasteiger partial charge in [0.05, 0.1) is 12.3 Å². The van der Waals surface area contributed by atoms with Gasteiger partial charge in [0, 0.05) is 33.5 Å². The van der Waals surface area contributed by atoms with Crippen LogP contribution in [0.15, 0.2) is 77.4 Å². The fourth-order valence-corrected chi connectivity index (χ4v) is 5.81. The van der Waals surface area contributed by atoms with Crippen molar-refractivity contribution in [3.05, 3.63) is 99.7 Å². The molecule has 0 radical (unpaired) electrons. The van der Waals surface area contributed by atoms with Crippen molar-refractivity contribution in [2.75, 3.05) is 5.32 Å². The number of carbonyl (C=O) groups is 2. The van der Waals surface area contributed by atoms with Crippen LogP contribution in [-0.2, 0) is 15.0 Å². The number of carbonyl (C=O) groups excluding carboxylic acids is 2. The van der Waals surface area contributed by atoms with Gasteiger partial charge in [-0.25, -0.2) is 0 Å². The molecule has 0 saturated carbocycles. The summed E-state index contributed by atoms with van der Waals surface area (Å²) in [5.41, 5.74) is 2.66. The second-order valence-corrected chi connectivity index (χ2v) is 9.42. The summed E-state index contributed by atoms with van der Waals surface area (Å²) in [5.74, 6) is -0.760. The van der Waals surface area contributed by atoms with Gasteiger partial charge in [0.1, 0.15) is 11.0 Å². The van der Waals surface area contributed by atoms with Crippen molar-refractivity contribution in [3.8, 4) is 0 Å². The van der Waals surface area contributed by atoms with E-state index in [0.717, 1.165) is 22.1 Å². The van der Waals surface area contributed by atoms with Gasteiger partial charge in [-0.1, -0.05) is 53.5 Å². The lowest BCUT2D eigenvalue weighted by molar-refractivity contribution is -0.131. The summed E-state index contributed by atoms with van der Waals surface area (Å²) in [6.07, 6.45) is 1.77. The lowest BCUT2D eigenvalue weighted by Gasteiger charge is -2.46. The van der Waals surface area contributed by atoms with E-state index in [1.807, 2.05) is 48.5 Å². The number of anilines is 1. The van der Waals surface area contributed by atoms with E-state index in [-0.39, 0.29) is 18.2 Å². The van der Waals surface area contributed by atoms with E-state index < -0.39 is 17.4 Å². The smallest absolute Gasteiger partial charge is 0.238 e. The van der Waals surface area contributed by atoms with Crippen LogP contribution in [0, 0.1) is 0 Å². The maximum Gasteiger partial charge on any atom is 0.238 e. The lowest BCUT2D eigenvalue weighted by Crippen LogP contribution is -2.56. The van der Waals surface area contributed by atoms with Gasteiger partial charge in [-0.15, -0.1) is 0 Å². The summed E-state index contributed by atoms with van der Waals surface area (Å²) < 4.78 is 5.62. The van der Waals surface area contributed by atoms with E-state index in [4.69, 9.17) is 27.6 Å². The average molecular weight is 477 g/mol. The maximum absolute atomic E-state index is 13.9. The molecule has 1 fully saturated rings. The molecule has 2 aliphatic rings. The Morgan fingerprint density at radius 1 is 0.909 bits per heavy atom. The van der Waals surface area contributed by atoms with Crippen molar-refractivity contribution in [2.45, 2.75) is 23.8 Å². The minimum atomic E-state index is -1.10. The Morgan fingerprint density at radius 3 is 2.61 bits per heavy atom. The summed E-state index contributed by atoms with van der Waals surface area (Å²) >= 11 is 12.6. The zero-order chi connectivity index (χ0) is 22.7. The van der Waals surface area contributed by atoms with Crippen LogP contribution in [0.5, 0.6) is 0 Å². The highest BCUT2D eigenvalue weighted by Crippen LogP contribution is 2.57. The van der Waals surface area contributed by atoms with Crippen molar-refractivity contribution >= 4 is 51.7 Å². The zero-order valence-electron chi connectivity index (χ0n) is 17.3. The number of halogens is 2. The fraction of sp³-hybridized carbons (Fsp3) is 0.154. The summed E-state index contributed by atoms with van der Waals surface area (Å²) in [7, 11) is 0. The molecule has 1 saturated heterocycles.